The summed E-state index contributed by atoms with van der Waals surface area (Å²) < 4.78 is 6.29. The zero-order valence-corrected chi connectivity index (χ0v) is 15.5. The summed E-state index contributed by atoms with van der Waals surface area (Å²) in [5.74, 6) is 0.759. The number of pyridine rings is 1. The average molecular weight is 410 g/mol. The topological polar surface area (TPSA) is 51.2 Å². The molecule has 1 aliphatic heterocycles. The van der Waals surface area contributed by atoms with Crippen LogP contribution in [0.25, 0.3) is 10.8 Å². The Morgan fingerprint density at radius 1 is 1.25 bits per heavy atom. The summed E-state index contributed by atoms with van der Waals surface area (Å²) >= 11 is 9.54. The van der Waals surface area contributed by atoms with Crippen molar-refractivity contribution in [3.8, 4) is 0 Å². The monoisotopic (exact) mass is 408 g/mol. The maximum atomic E-state index is 12.7. The number of halogens is 2. The smallest absolute Gasteiger partial charge is 0.229 e. The van der Waals surface area contributed by atoms with E-state index < -0.39 is 0 Å². The molecule has 1 spiro atoms. The second kappa shape index (κ2) is 6.28. The second-order valence-electron chi connectivity index (χ2n) is 6.74. The van der Waals surface area contributed by atoms with Gasteiger partial charge in [0, 0.05) is 35.2 Å². The van der Waals surface area contributed by atoms with E-state index in [1.165, 1.54) is 0 Å². The third kappa shape index (κ3) is 2.83. The molecule has 6 heteroatoms. The van der Waals surface area contributed by atoms with Crippen LogP contribution in [0.5, 0.6) is 0 Å². The van der Waals surface area contributed by atoms with Gasteiger partial charge in [-0.3, -0.25) is 4.79 Å². The number of fused-ring (bicyclic) bond motifs is 1. The number of amides is 1. The Kier molecular flexibility index (Phi) is 4.27. The van der Waals surface area contributed by atoms with Gasteiger partial charge in [0.25, 0.3) is 0 Å². The summed E-state index contributed by atoms with van der Waals surface area (Å²) in [6.45, 7) is 1.54. The molecule has 2 fully saturated rings. The third-order valence-corrected chi connectivity index (χ3v) is 6.68. The Balaban J connectivity index is 1.53. The van der Waals surface area contributed by atoms with Crippen molar-refractivity contribution in [2.45, 2.75) is 25.7 Å². The number of hydrogen-bond acceptors (Lipinski definition) is 3. The average Bonchev–Trinajstić information content (AvgIpc) is 2.56. The molecule has 4 rings (SSSR count). The van der Waals surface area contributed by atoms with Crippen LogP contribution in [0.2, 0.25) is 5.02 Å². The minimum Gasteiger partial charge on any atom is -0.381 e. The van der Waals surface area contributed by atoms with Crippen molar-refractivity contribution in [1.29, 1.82) is 0 Å². The van der Waals surface area contributed by atoms with E-state index in [9.17, 15) is 4.79 Å². The Hall–Kier alpha value is -1.17. The van der Waals surface area contributed by atoms with Crippen molar-refractivity contribution in [2.75, 3.05) is 18.5 Å². The molecule has 1 unspecified atom stereocenters. The van der Waals surface area contributed by atoms with Gasteiger partial charge in [-0.1, -0.05) is 11.6 Å². The van der Waals surface area contributed by atoms with Gasteiger partial charge < -0.3 is 10.1 Å². The van der Waals surface area contributed by atoms with Gasteiger partial charge in [-0.05, 0) is 70.6 Å². The first-order chi connectivity index (χ1) is 11.6. The lowest BCUT2D eigenvalue weighted by Gasteiger charge is -2.50. The fourth-order valence-electron chi connectivity index (χ4n) is 3.90. The van der Waals surface area contributed by atoms with E-state index in [1.54, 1.807) is 6.20 Å². The first-order valence-electron chi connectivity index (χ1n) is 8.21. The van der Waals surface area contributed by atoms with Crippen LogP contribution in [-0.4, -0.2) is 24.1 Å². The van der Waals surface area contributed by atoms with E-state index in [-0.39, 0.29) is 17.2 Å². The molecule has 126 valence electrons. The standard InChI is InChI=1S/C18H18BrClN2O2/c19-14-7-11-9-16(21-10-12(11)8-15(14)20)22-17(23)13-1-2-18(13)3-5-24-6-4-18/h7-10,13H,1-6H2,(H,21,22,23). The highest BCUT2D eigenvalue weighted by Crippen LogP contribution is 2.53. The van der Waals surface area contributed by atoms with Crippen LogP contribution >= 0.6 is 27.5 Å². The zero-order valence-electron chi connectivity index (χ0n) is 13.1. The van der Waals surface area contributed by atoms with Gasteiger partial charge in [0.2, 0.25) is 5.91 Å². The summed E-state index contributed by atoms with van der Waals surface area (Å²) in [6, 6.07) is 5.70. The third-order valence-electron chi connectivity index (χ3n) is 5.49. The predicted octanol–water partition coefficient (Wildman–Crippen LogP) is 4.80. The number of nitrogens with one attached hydrogen (secondary N) is 1. The normalized spacial score (nSPS) is 22.3. The van der Waals surface area contributed by atoms with Crippen molar-refractivity contribution < 1.29 is 9.53 Å². The van der Waals surface area contributed by atoms with Crippen molar-refractivity contribution >= 4 is 50.0 Å². The van der Waals surface area contributed by atoms with Crippen LogP contribution in [0.3, 0.4) is 0 Å². The van der Waals surface area contributed by atoms with Crippen LogP contribution in [0.4, 0.5) is 5.82 Å². The van der Waals surface area contributed by atoms with Crippen molar-refractivity contribution in [2.24, 2.45) is 11.3 Å². The molecule has 1 amide bonds. The summed E-state index contributed by atoms with van der Waals surface area (Å²) in [4.78, 5) is 17.1. The fourth-order valence-corrected chi connectivity index (χ4v) is 4.44. The van der Waals surface area contributed by atoms with Gasteiger partial charge in [-0.2, -0.15) is 0 Å². The predicted molar refractivity (Wildman–Crippen MR) is 98.3 cm³/mol. The molecular formula is C18H18BrClN2O2. The molecular weight excluding hydrogens is 392 g/mol. The van der Waals surface area contributed by atoms with Gasteiger partial charge in [0.05, 0.1) is 5.02 Å². The largest absolute Gasteiger partial charge is 0.381 e. The van der Waals surface area contributed by atoms with Gasteiger partial charge in [-0.15, -0.1) is 0 Å². The van der Waals surface area contributed by atoms with Crippen molar-refractivity contribution in [3.05, 3.63) is 33.9 Å². The van der Waals surface area contributed by atoms with E-state index >= 15 is 0 Å². The molecule has 1 saturated heterocycles. The maximum absolute atomic E-state index is 12.7. The zero-order chi connectivity index (χ0) is 16.7. The number of nitrogens with zero attached hydrogens (tertiary/aromatic N) is 1. The van der Waals surface area contributed by atoms with Gasteiger partial charge in [0.1, 0.15) is 5.82 Å². The number of hydrogen-bond donors (Lipinski definition) is 1. The van der Waals surface area contributed by atoms with E-state index in [0.717, 1.165) is 54.1 Å². The summed E-state index contributed by atoms with van der Waals surface area (Å²) in [5, 5.41) is 5.59. The highest BCUT2D eigenvalue weighted by molar-refractivity contribution is 9.10. The van der Waals surface area contributed by atoms with Crippen LogP contribution in [-0.2, 0) is 9.53 Å². The number of carbonyl (C=O) groups excluding carboxylic acids is 1. The molecule has 1 aromatic heterocycles. The fraction of sp³-hybridized carbons (Fsp3) is 0.444. The number of rotatable bonds is 2. The van der Waals surface area contributed by atoms with Gasteiger partial charge in [0.15, 0.2) is 0 Å². The van der Waals surface area contributed by atoms with E-state index in [2.05, 4.69) is 26.2 Å². The van der Waals surface area contributed by atoms with E-state index in [4.69, 9.17) is 16.3 Å². The van der Waals surface area contributed by atoms with Gasteiger partial charge in [-0.25, -0.2) is 4.98 Å². The summed E-state index contributed by atoms with van der Waals surface area (Å²) in [7, 11) is 0. The molecule has 1 N–H and O–H groups in total. The Morgan fingerprint density at radius 2 is 2.04 bits per heavy atom. The lowest BCUT2D eigenvalue weighted by molar-refractivity contribution is -0.138. The molecule has 1 atom stereocenters. The minimum atomic E-state index is 0.0795. The molecule has 2 aromatic rings. The van der Waals surface area contributed by atoms with Crippen LogP contribution < -0.4 is 5.32 Å². The van der Waals surface area contributed by atoms with Gasteiger partial charge >= 0.3 is 0 Å². The highest BCUT2D eigenvalue weighted by atomic mass is 79.9. The number of aromatic nitrogens is 1. The summed E-state index contributed by atoms with van der Waals surface area (Å²) in [6.07, 6.45) is 5.81. The highest BCUT2D eigenvalue weighted by Gasteiger charge is 2.50. The van der Waals surface area contributed by atoms with Crippen molar-refractivity contribution in [3.63, 3.8) is 0 Å². The molecule has 1 aliphatic carbocycles. The molecule has 1 aromatic carbocycles. The second-order valence-corrected chi connectivity index (χ2v) is 8.00. The molecule has 2 aliphatic rings. The number of anilines is 1. The Labute approximate surface area is 154 Å². The van der Waals surface area contributed by atoms with Crippen LogP contribution in [0.15, 0.2) is 28.9 Å². The Morgan fingerprint density at radius 3 is 2.75 bits per heavy atom. The number of carbonyl (C=O) groups is 1. The quantitative estimate of drug-likeness (QED) is 0.775. The number of benzene rings is 1. The van der Waals surface area contributed by atoms with Crippen molar-refractivity contribution in [1.82, 2.24) is 4.98 Å². The molecule has 4 nitrogen and oxygen atoms in total. The Bertz CT molecular complexity index is 805. The van der Waals surface area contributed by atoms with E-state index in [0.29, 0.717) is 10.8 Å². The molecule has 2 heterocycles. The van der Waals surface area contributed by atoms with E-state index in [1.807, 2.05) is 18.2 Å². The first-order valence-corrected chi connectivity index (χ1v) is 9.38. The minimum absolute atomic E-state index is 0.0795. The first kappa shape index (κ1) is 16.3. The van der Waals surface area contributed by atoms with Crippen LogP contribution in [0.1, 0.15) is 25.7 Å². The maximum Gasteiger partial charge on any atom is 0.229 e. The van der Waals surface area contributed by atoms with Crippen LogP contribution in [0, 0.1) is 11.3 Å². The molecule has 0 bridgehead atoms. The lowest BCUT2D eigenvalue weighted by Crippen LogP contribution is -2.50. The lowest BCUT2D eigenvalue weighted by atomic mass is 9.56. The SMILES string of the molecule is O=C(Nc1cc2cc(Br)c(Cl)cc2cn1)C1CCC12CCOCC2. The molecule has 24 heavy (non-hydrogen) atoms. The number of ether oxygens (including phenoxy) is 1. The molecule has 1 saturated carbocycles. The summed E-state index contributed by atoms with van der Waals surface area (Å²) in [5.41, 5.74) is 0.149. The molecule has 0 radical (unpaired) electrons.